The van der Waals surface area contributed by atoms with Gasteiger partial charge in [-0.1, -0.05) is 0 Å². The molecule has 0 unspecified atom stereocenters. The first kappa shape index (κ1) is 12.1. The van der Waals surface area contributed by atoms with Gasteiger partial charge in [0.2, 0.25) is 5.76 Å². The van der Waals surface area contributed by atoms with Gasteiger partial charge in [0.05, 0.1) is 5.69 Å². The number of oxazole rings is 1. The number of amides is 1. The van der Waals surface area contributed by atoms with Crippen LogP contribution in [0.4, 0.5) is 0 Å². The van der Waals surface area contributed by atoms with Crippen LogP contribution in [0.15, 0.2) is 4.42 Å². The summed E-state index contributed by atoms with van der Waals surface area (Å²) in [5.41, 5.74) is 0.658. The largest absolute Gasteiger partial charge is 0.436 e. The molecule has 1 saturated heterocycles. The molecule has 0 aliphatic carbocycles. The van der Waals surface area contributed by atoms with E-state index in [4.69, 9.17) is 4.42 Å². The number of aryl methyl sites for hydroxylation is 2. The molecular formula is C12H19N3O2. The van der Waals surface area contributed by atoms with E-state index < -0.39 is 0 Å². The number of rotatable bonds is 3. The Labute approximate surface area is 101 Å². The van der Waals surface area contributed by atoms with Crippen LogP contribution in [0, 0.1) is 19.8 Å². The first-order valence-electron chi connectivity index (χ1n) is 6.09. The van der Waals surface area contributed by atoms with E-state index >= 15 is 0 Å². The van der Waals surface area contributed by atoms with Crippen LogP contribution < -0.4 is 10.6 Å². The highest BCUT2D eigenvalue weighted by Gasteiger charge is 2.18. The van der Waals surface area contributed by atoms with E-state index in [-0.39, 0.29) is 5.91 Å². The summed E-state index contributed by atoms with van der Waals surface area (Å²) in [7, 11) is 0. The van der Waals surface area contributed by atoms with Gasteiger partial charge in [-0.3, -0.25) is 4.79 Å². The molecule has 2 rings (SSSR count). The van der Waals surface area contributed by atoms with Crippen LogP contribution in [0.1, 0.15) is 35.0 Å². The molecule has 1 aliphatic rings. The zero-order valence-electron chi connectivity index (χ0n) is 10.4. The standard InChI is InChI=1S/C12H19N3O2/c1-8-11(17-9(2)15-8)12(16)14-7-10-3-5-13-6-4-10/h10,13H,3-7H2,1-2H3,(H,14,16). The second-order valence-electron chi connectivity index (χ2n) is 4.55. The van der Waals surface area contributed by atoms with Gasteiger partial charge in [-0.25, -0.2) is 4.98 Å². The Morgan fingerprint density at radius 2 is 2.18 bits per heavy atom. The van der Waals surface area contributed by atoms with Crippen LogP contribution in [-0.2, 0) is 0 Å². The monoisotopic (exact) mass is 237 g/mol. The highest BCUT2D eigenvalue weighted by molar-refractivity contribution is 5.92. The van der Waals surface area contributed by atoms with Crippen molar-refractivity contribution in [3.63, 3.8) is 0 Å². The molecule has 1 aromatic heterocycles. The quantitative estimate of drug-likeness (QED) is 0.823. The van der Waals surface area contributed by atoms with Crippen molar-refractivity contribution in [3.05, 3.63) is 17.3 Å². The summed E-state index contributed by atoms with van der Waals surface area (Å²) in [6, 6.07) is 0. The van der Waals surface area contributed by atoms with E-state index in [1.807, 2.05) is 0 Å². The van der Waals surface area contributed by atoms with Crippen LogP contribution in [0.3, 0.4) is 0 Å². The maximum atomic E-state index is 11.9. The lowest BCUT2D eigenvalue weighted by Crippen LogP contribution is -2.36. The molecule has 2 N–H and O–H groups in total. The number of piperidine rings is 1. The number of hydrogen-bond acceptors (Lipinski definition) is 4. The molecule has 1 fully saturated rings. The van der Waals surface area contributed by atoms with E-state index in [0.29, 0.717) is 23.3 Å². The number of hydrogen-bond donors (Lipinski definition) is 2. The number of nitrogens with one attached hydrogen (secondary N) is 2. The van der Waals surface area contributed by atoms with Gasteiger partial charge in [-0.05, 0) is 38.8 Å². The van der Waals surface area contributed by atoms with E-state index in [2.05, 4.69) is 15.6 Å². The van der Waals surface area contributed by atoms with E-state index in [1.54, 1.807) is 13.8 Å². The molecule has 5 heteroatoms. The van der Waals surface area contributed by atoms with E-state index in [1.165, 1.54) is 0 Å². The lowest BCUT2D eigenvalue weighted by atomic mass is 9.98. The van der Waals surface area contributed by atoms with Crippen LogP contribution in [0.2, 0.25) is 0 Å². The topological polar surface area (TPSA) is 67.2 Å². The van der Waals surface area contributed by atoms with Gasteiger partial charge in [0.1, 0.15) is 0 Å². The van der Waals surface area contributed by atoms with Crippen LogP contribution >= 0.6 is 0 Å². The highest BCUT2D eigenvalue weighted by atomic mass is 16.4. The third kappa shape index (κ3) is 3.06. The van der Waals surface area contributed by atoms with Crippen LogP contribution in [-0.4, -0.2) is 30.5 Å². The van der Waals surface area contributed by atoms with Gasteiger partial charge in [0.25, 0.3) is 5.91 Å². The Balaban J connectivity index is 1.86. The molecule has 0 bridgehead atoms. The maximum absolute atomic E-state index is 11.9. The highest BCUT2D eigenvalue weighted by Crippen LogP contribution is 2.12. The van der Waals surface area contributed by atoms with Crippen LogP contribution in [0.5, 0.6) is 0 Å². The summed E-state index contributed by atoms with van der Waals surface area (Å²) in [6.45, 7) is 6.34. The molecule has 0 atom stereocenters. The van der Waals surface area contributed by atoms with Crippen molar-refractivity contribution in [1.29, 1.82) is 0 Å². The summed E-state index contributed by atoms with van der Waals surface area (Å²) in [5, 5.41) is 6.23. The van der Waals surface area contributed by atoms with Gasteiger partial charge in [0, 0.05) is 13.5 Å². The summed E-state index contributed by atoms with van der Waals surface area (Å²) >= 11 is 0. The summed E-state index contributed by atoms with van der Waals surface area (Å²) in [4.78, 5) is 16.0. The van der Waals surface area contributed by atoms with E-state index in [9.17, 15) is 4.79 Å². The zero-order valence-corrected chi connectivity index (χ0v) is 10.4. The third-order valence-corrected chi connectivity index (χ3v) is 3.12. The Bertz CT molecular complexity index is 394. The van der Waals surface area contributed by atoms with E-state index in [0.717, 1.165) is 32.5 Å². The van der Waals surface area contributed by atoms with Gasteiger partial charge in [-0.2, -0.15) is 0 Å². The molecule has 17 heavy (non-hydrogen) atoms. The Kier molecular flexibility index (Phi) is 3.78. The summed E-state index contributed by atoms with van der Waals surface area (Å²) in [6.07, 6.45) is 2.24. The fourth-order valence-corrected chi connectivity index (χ4v) is 2.15. The molecule has 0 aromatic carbocycles. The molecule has 5 nitrogen and oxygen atoms in total. The number of carbonyl (C=O) groups excluding carboxylic acids is 1. The molecule has 0 spiro atoms. The van der Waals surface area contributed by atoms with Crippen molar-refractivity contribution in [3.8, 4) is 0 Å². The van der Waals surface area contributed by atoms with Crippen molar-refractivity contribution < 1.29 is 9.21 Å². The Morgan fingerprint density at radius 1 is 1.47 bits per heavy atom. The van der Waals surface area contributed by atoms with Crippen molar-refractivity contribution in [2.24, 2.45) is 5.92 Å². The fourth-order valence-electron chi connectivity index (χ4n) is 2.15. The molecule has 1 aromatic rings. The lowest BCUT2D eigenvalue weighted by Gasteiger charge is -2.22. The second-order valence-corrected chi connectivity index (χ2v) is 4.55. The number of carbonyl (C=O) groups is 1. The fraction of sp³-hybridized carbons (Fsp3) is 0.667. The van der Waals surface area contributed by atoms with Gasteiger partial charge >= 0.3 is 0 Å². The van der Waals surface area contributed by atoms with Gasteiger partial charge < -0.3 is 15.1 Å². The Hall–Kier alpha value is -1.36. The molecule has 0 radical (unpaired) electrons. The van der Waals surface area contributed by atoms with Crippen molar-refractivity contribution in [2.75, 3.05) is 19.6 Å². The molecule has 1 aliphatic heterocycles. The molecule has 0 saturated carbocycles. The van der Waals surface area contributed by atoms with Crippen molar-refractivity contribution in [1.82, 2.24) is 15.6 Å². The van der Waals surface area contributed by atoms with Gasteiger partial charge in [-0.15, -0.1) is 0 Å². The smallest absolute Gasteiger partial charge is 0.289 e. The molecule has 2 heterocycles. The minimum atomic E-state index is -0.151. The molecular weight excluding hydrogens is 218 g/mol. The predicted octanol–water partition coefficient (Wildman–Crippen LogP) is 1.02. The summed E-state index contributed by atoms with van der Waals surface area (Å²) < 4.78 is 5.28. The molecule has 94 valence electrons. The minimum absolute atomic E-state index is 0.151. The maximum Gasteiger partial charge on any atom is 0.289 e. The third-order valence-electron chi connectivity index (χ3n) is 3.12. The lowest BCUT2D eigenvalue weighted by molar-refractivity contribution is 0.0914. The zero-order chi connectivity index (χ0) is 12.3. The average Bonchev–Trinajstić information content (AvgIpc) is 2.67. The normalized spacial score (nSPS) is 17.1. The van der Waals surface area contributed by atoms with Crippen LogP contribution in [0.25, 0.3) is 0 Å². The SMILES string of the molecule is Cc1nc(C)c(C(=O)NCC2CCNCC2)o1. The van der Waals surface area contributed by atoms with Crippen molar-refractivity contribution >= 4 is 5.91 Å². The first-order chi connectivity index (χ1) is 8.16. The second kappa shape index (κ2) is 5.31. The van der Waals surface area contributed by atoms with Crippen molar-refractivity contribution in [2.45, 2.75) is 26.7 Å². The van der Waals surface area contributed by atoms with Gasteiger partial charge in [0.15, 0.2) is 5.89 Å². The first-order valence-corrected chi connectivity index (χ1v) is 6.09. The average molecular weight is 237 g/mol. The predicted molar refractivity (Wildman–Crippen MR) is 63.9 cm³/mol. The molecule has 1 amide bonds. The summed E-state index contributed by atoms with van der Waals surface area (Å²) in [5.74, 6) is 1.30. The number of nitrogens with zero attached hydrogens (tertiary/aromatic N) is 1. The minimum Gasteiger partial charge on any atom is -0.436 e. The Morgan fingerprint density at radius 3 is 2.76 bits per heavy atom. The number of aromatic nitrogens is 1.